The van der Waals surface area contributed by atoms with Crippen LogP contribution in [-0.4, -0.2) is 41.9 Å². The number of morpholine rings is 1. The van der Waals surface area contributed by atoms with Crippen LogP contribution in [0.4, 0.5) is 10.1 Å². The van der Waals surface area contributed by atoms with Crippen LogP contribution in [0.15, 0.2) is 36.4 Å². The molecule has 2 heterocycles. The molecule has 0 atom stereocenters. The molecule has 1 saturated heterocycles. The van der Waals surface area contributed by atoms with E-state index in [2.05, 4.69) is 0 Å². The number of benzene rings is 2. The number of anilines is 1. The van der Waals surface area contributed by atoms with Gasteiger partial charge >= 0.3 is 5.97 Å². The average molecular weight is 409 g/mol. The van der Waals surface area contributed by atoms with Crippen molar-refractivity contribution in [1.82, 2.24) is 4.57 Å². The Balaban J connectivity index is 2.12. The summed E-state index contributed by atoms with van der Waals surface area (Å²) in [6.45, 7) is 1.88. The third-order valence-electron chi connectivity index (χ3n) is 4.59. The lowest BCUT2D eigenvalue weighted by Gasteiger charge is -2.29. The number of aromatic nitrogens is 1. The van der Waals surface area contributed by atoms with Crippen molar-refractivity contribution >= 4 is 45.8 Å². The molecular weight excluding hydrogens is 394 g/mol. The minimum Gasteiger partial charge on any atom is -0.476 e. The largest absolute Gasteiger partial charge is 0.476 e. The van der Waals surface area contributed by atoms with Crippen molar-refractivity contribution in [2.75, 3.05) is 31.2 Å². The van der Waals surface area contributed by atoms with E-state index in [0.717, 1.165) is 0 Å². The topological polar surface area (TPSA) is 54.7 Å². The molecule has 1 aliphatic rings. The van der Waals surface area contributed by atoms with E-state index >= 15 is 0 Å². The molecule has 1 aliphatic heterocycles. The Morgan fingerprint density at radius 1 is 1.15 bits per heavy atom. The molecule has 3 aromatic rings. The lowest BCUT2D eigenvalue weighted by atomic mass is 10.2. The number of halogens is 3. The van der Waals surface area contributed by atoms with Crippen LogP contribution in [0.2, 0.25) is 10.0 Å². The zero-order valence-electron chi connectivity index (χ0n) is 14.1. The molecule has 0 saturated carbocycles. The number of rotatable bonds is 3. The maximum Gasteiger partial charge on any atom is 0.355 e. The molecular formula is C19H15Cl2FN2O3. The summed E-state index contributed by atoms with van der Waals surface area (Å²) in [7, 11) is 0. The first-order valence-corrected chi connectivity index (χ1v) is 9.09. The Bertz CT molecular complexity index is 1050. The van der Waals surface area contributed by atoms with Gasteiger partial charge < -0.3 is 19.3 Å². The summed E-state index contributed by atoms with van der Waals surface area (Å²) in [6.07, 6.45) is 0. The summed E-state index contributed by atoms with van der Waals surface area (Å²) in [6, 6.07) is 9.61. The molecule has 0 aliphatic carbocycles. The number of ether oxygens (including phenoxy) is 1. The molecule has 8 heteroatoms. The highest BCUT2D eigenvalue weighted by Gasteiger charge is 2.30. The molecule has 4 rings (SSSR count). The molecule has 0 amide bonds. The summed E-state index contributed by atoms with van der Waals surface area (Å²) in [5, 5.41) is 10.8. The standard InChI is InChI=1S/C19H15Cl2FN2O3/c20-11-2-1-3-12(10-11)24-14-5-4-13(22)16(21)15(14)17(18(24)19(25)26)23-6-8-27-9-7-23/h1-5,10H,6-9H2,(H,25,26). The number of hydrogen-bond acceptors (Lipinski definition) is 3. The summed E-state index contributed by atoms with van der Waals surface area (Å²) < 4.78 is 21.2. The molecule has 27 heavy (non-hydrogen) atoms. The molecule has 0 bridgehead atoms. The number of fused-ring (bicyclic) bond motifs is 1. The Kier molecular flexibility index (Phi) is 4.72. The molecule has 1 aromatic heterocycles. The second-order valence-corrected chi connectivity index (χ2v) is 6.99. The first kappa shape index (κ1) is 18.1. The van der Waals surface area contributed by atoms with Crippen molar-refractivity contribution in [2.45, 2.75) is 0 Å². The molecule has 0 spiro atoms. The molecule has 0 radical (unpaired) electrons. The first-order chi connectivity index (χ1) is 13.0. The normalized spacial score (nSPS) is 14.7. The number of carboxylic acids is 1. The molecule has 0 unspecified atom stereocenters. The Hall–Kier alpha value is -2.28. The van der Waals surface area contributed by atoms with Gasteiger partial charge in [-0.25, -0.2) is 9.18 Å². The van der Waals surface area contributed by atoms with Gasteiger partial charge in [0.2, 0.25) is 0 Å². The highest BCUT2D eigenvalue weighted by atomic mass is 35.5. The van der Waals surface area contributed by atoms with Crippen LogP contribution in [0, 0.1) is 5.82 Å². The summed E-state index contributed by atoms with van der Waals surface area (Å²) >= 11 is 12.4. The highest BCUT2D eigenvalue weighted by Crippen LogP contribution is 2.42. The van der Waals surface area contributed by atoms with E-state index in [1.165, 1.54) is 12.1 Å². The fraction of sp³-hybridized carbons (Fsp3) is 0.211. The van der Waals surface area contributed by atoms with Crippen LogP contribution in [-0.2, 0) is 4.74 Å². The van der Waals surface area contributed by atoms with Crippen molar-refractivity contribution in [3.8, 4) is 5.69 Å². The van der Waals surface area contributed by atoms with Gasteiger partial charge in [-0.15, -0.1) is 0 Å². The van der Waals surface area contributed by atoms with Crippen LogP contribution in [0.3, 0.4) is 0 Å². The van der Waals surface area contributed by atoms with Gasteiger partial charge in [0, 0.05) is 29.2 Å². The molecule has 5 nitrogen and oxygen atoms in total. The zero-order chi connectivity index (χ0) is 19.1. The van der Waals surface area contributed by atoms with Gasteiger partial charge in [-0.05, 0) is 30.3 Å². The summed E-state index contributed by atoms with van der Waals surface area (Å²) in [5.41, 5.74) is 1.47. The van der Waals surface area contributed by atoms with Gasteiger partial charge in [0.05, 0.1) is 29.4 Å². The lowest BCUT2D eigenvalue weighted by molar-refractivity contribution is 0.0688. The SMILES string of the molecule is O=C(O)c1c(N2CCOCC2)c2c(Cl)c(F)ccc2n1-c1cccc(Cl)c1. The van der Waals surface area contributed by atoms with Crippen molar-refractivity contribution < 1.29 is 19.0 Å². The second kappa shape index (κ2) is 7.03. The van der Waals surface area contributed by atoms with E-state index in [4.69, 9.17) is 27.9 Å². The average Bonchev–Trinajstić information content (AvgIpc) is 3.01. The first-order valence-electron chi connectivity index (χ1n) is 8.33. The second-order valence-electron chi connectivity index (χ2n) is 6.17. The van der Waals surface area contributed by atoms with E-state index in [1.54, 1.807) is 28.8 Å². The number of aromatic carboxylic acids is 1. The van der Waals surface area contributed by atoms with E-state index in [1.807, 2.05) is 4.90 Å². The Morgan fingerprint density at radius 2 is 1.89 bits per heavy atom. The fourth-order valence-electron chi connectivity index (χ4n) is 3.47. The molecule has 1 N–H and O–H groups in total. The van der Waals surface area contributed by atoms with Gasteiger partial charge in [-0.3, -0.25) is 0 Å². The van der Waals surface area contributed by atoms with Crippen LogP contribution in [0.1, 0.15) is 10.5 Å². The van der Waals surface area contributed by atoms with Gasteiger partial charge in [0.25, 0.3) is 0 Å². The highest BCUT2D eigenvalue weighted by molar-refractivity contribution is 6.37. The molecule has 140 valence electrons. The monoisotopic (exact) mass is 408 g/mol. The van der Waals surface area contributed by atoms with Gasteiger partial charge in [-0.1, -0.05) is 29.3 Å². The van der Waals surface area contributed by atoms with E-state index in [9.17, 15) is 14.3 Å². The van der Waals surface area contributed by atoms with Gasteiger partial charge in [0.1, 0.15) is 5.82 Å². The predicted molar refractivity (Wildman–Crippen MR) is 103 cm³/mol. The molecule has 2 aromatic carbocycles. The van der Waals surface area contributed by atoms with Crippen molar-refractivity contribution in [2.24, 2.45) is 0 Å². The van der Waals surface area contributed by atoms with Crippen LogP contribution in [0.25, 0.3) is 16.6 Å². The van der Waals surface area contributed by atoms with Gasteiger partial charge in [-0.2, -0.15) is 0 Å². The maximum atomic E-state index is 14.3. The van der Waals surface area contributed by atoms with E-state index < -0.39 is 11.8 Å². The Morgan fingerprint density at radius 3 is 2.56 bits per heavy atom. The fourth-order valence-corrected chi connectivity index (χ4v) is 3.91. The summed E-state index contributed by atoms with van der Waals surface area (Å²) in [5.74, 6) is -1.73. The number of carboxylic acid groups (broad SMARTS) is 1. The van der Waals surface area contributed by atoms with Crippen LogP contribution in [0.5, 0.6) is 0 Å². The number of nitrogens with zero attached hydrogens (tertiary/aromatic N) is 2. The Labute approximate surface area is 164 Å². The van der Waals surface area contributed by atoms with Crippen molar-refractivity contribution in [1.29, 1.82) is 0 Å². The minimum atomic E-state index is -1.14. The van der Waals surface area contributed by atoms with Crippen molar-refractivity contribution in [3.05, 3.63) is 58.0 Å². The minimum absolute atomic E-state index is 0.0154. The lowest BCUT2D eigenvalue weighted by Crippen LogP contribution is -2.37. The van der Waals surface area contributed by atoms with Gasteiger partial charge in [0.15, 0.2) is 5.69 Å². The maximum absolute atomic E-state index is 14.3. The third kappa shape index (κ3) is 3.04. The number of hydrogen-bond donors (Lipinski definition) is 1. The molecule has 1 fully saturated rings. The van der Waals surface area contributed by atoms with E-state index in [-0.39, 0.29) is 10.7 Å². The zero-order valence-corrected chi connectivity index (χ0v) is 15.6. The van der Waals surface area contributed by atoms with Crippen LogP contribution >= 0.6 is 23.2 Å². The summed E-state index contributed by atoms with van der Waals surface area (Å²) in [4.78, 5) is 14.1. The van der Waals surface area contributed by atoms with Crippen molar-refractivity contribution in [3.63, 3.8) is 0 Å². The third-order valence-corrected chi connectivity index (χ3v) is 5.20. The van der Waals surface area contributed by atoms with E-state index in [0.29, 0.717) is 53.6 Å². The number of carbonyl (C=O) groups is 1. The smallest absolute Gasteiger partial charge is 0.355 e. The van der Waals surface area contributed by atoms with Crippen LogP contribution < -0.4 is 4.90 Å². The quantitative estimate of drug-likeness (QED) is 0.687. The predicted octanol–water partition coefficient (Wildman–Crippen LogP) is 4.61.